The standard InChI is InChI=1S/C24H17BrF9N5O5S/c25-15-9-13(22(28,23(29,30)31)24(32,33)34)10-16(44-21(26)27)17(15)38-18(40)12-2-1-3-14(8-12)37-19(41)20(42)39-4-6-45(43,7-5-39)36-11-35/h1-3,8-10,21H,4-7H2,(H,37,41)(H,38,40). The minimum Gasteiger partial charge on any atom is -0.433 e. The number of rotatable bonds is 6. The Hall–Kier alpha value is -4.06. The van der Waals surface area contributed by atoms with Gasteiger partial charge in [0, 0.05) is 34.4 Å². The molecule has 0 saturated carbocycles. The van der Waals surface area contributed by atoms with E-state index >= 15 is 0 Å². The molecule has 3 amide bonds. The van der Waals surface area contributed by atoms with E-state index in [0.717, 1.165) is 17.0 Å². The van der Waals surface area contributed by atoms with Gasteiger partial charge in [-0.25, -0.2) is 8.60 Å². The second kappa shape index (κ2) is 13.1. The summed E-state index contributed by atoms with van der Waals surface area (Å²) in [4.78, 5) is 38.9. The van der Waals surface area contributed by atoms with Crippen molar-refractivity contribution in [1.29, 1.82) is 5.26 Å². The number of carbonyl (C=O) groups excluding carboxylic acids is 3. The van der Waals surface area contributed by atoms with E-state index in [4.69, 9.17) is 5.26 Å². The molecule has 0 aromatic heterocycles. The van der Waals surface area contributed by atoms with E-state index in [1.54, 1.807) is 0 Å². The van der Waals surface area contributed by atoms with Crippen LogP contribution in [0.3, 0.4) is 0 Å². The molecule has 1 heterocycles. The molecule has 1 aliphatic rings. The molecule has 244 valence electrons. The zero-order chi connectivity index (χ0) is 34.0. The van der Waals surface area contributed by atoms with Crippen molar-refractivity contribution in [3.63, 3.8) is 0 Å². The van der Waals surface area contributed by atoms with Gasteiger partial charge in [0.2, 0.25) is 6.19 Å². The SMILES string of the molecule is N#CN=S1(=O)CCN(C(=O)C(=O)Nc2cccc(C(=O)Nc3c(Br)cc(C(F)(C(F)(F)F)C(F)(F)F)cc3OC(F)F)c2)CC1. The van der Waals surface area contributed by atoms with Crippen LogP contribution in [0.1, 0.15) is 15.9 Å². The summed E-state index contributed by atoms with van der Waals surface area (Å²) >= 11 is 2.55. The minimum atomic E-state index is -6.58. The third kappa shape index (κ3) is 7.78. The molecule has 0 unspecified atom stereocenters. The fraction of sp³-hybridized carbons (Fsp3) is 0.333. The number of benzene rings is 2. The number of nitrogens with one attached hydrogen (secondary N) is 2. The lowest BCUT2D eigenvalue weighted by Crippen LogP contribution is -2.50. The van der Waals surface area contributed by atoms with Crippen LogP contribution in [0.15, 0.2) is 45.2 Å². The van der Waals surface area contributed by atoms with Gasteiger partial charge in [0.1, 0.15) is 0 Å². The fourth-order valence-electron chi connectivity index (χ4n) is 3.92. The third-order valence-electron chi connectivity index (χ3n) is 6.12. The number of amides is 3. The zero-order valence-corrected chi connectivity index (χ0v) is 24.3. The second-order valence-electron chi connectivity index (χ2n) is 9.02. The van der Waals surface area contributed by atoms with Crippen LogP contribution in [0, 0.1) is 11.5 Å². The third-order valence-corrected chi connectivity index (χ3v) is 8.80. The van der Waals surface area contributed by atoms with Crippen molar-refractivity contribution in [2.45, 2.75) is 24.6 Å². The zero-order valence-electron chi connectivity index (χ0n) is 21.9. The molecule has 21 heteroatoms. The van der Waals surface area contributed by atoms with E-state index in [1.165, 1.54) is 18.3 Å². The molecule has 2 aromatic rings. The predicted octanol–water partition coefficient (Wildman–Crippen LogP) is 5.32. The quantitative estimate of drug-likeness (QED) is 0.234. The lowest BCUT2D eigenvalue weighted by Gasteiger charge is -2.31. The van der Waals surface area contributed by atoms with E-state index in [1.807, 2.05) is 5.32 Å². The van der Waals surface area contributed by atoms with Crippen LogP contribution in [0.4, 0.5) is 50.9 Å². The van der Waals surface area contributed by atoms with Crippen LogP contribution in [0.25, 0.3) is 0 Å². The lowest BCUT2D eigenvalue weighted by molar-refractivity contribution is -0.348. The Labute approximate surface area is 255 Å². The van der Waals surface area contributed by atoms with Gasteiger partial charge < -0.3 is 20.3 Å². The molecule has 0 aliphatic carbocycles. The number of nitrogens with zero attached hydrogens (tertiary/aromatic N) is 3. The van der Waals surface area contributed by atoms with Crippen molar-refractivity contribution in [1.82, 2.24) is 4.90 Å². The predicted molar refractivity (Wildman–Crippen MR) is 141 cm³/mol. The maximum Gasteiger partial charge on any atom is 0.435 e. The highest BCUT2D eigenvalue weighted by Crippen LogP contribution is 2.55. The summed E-state index contributed by atoms with van der Waals surface area (Å²) in [6.45, 7) is -4.13. The molecule has 10 nitrogen and oxygen atoms in total. The van der Waals surface area contributed by atoms with Crippen LogP contribution in [0.2, 0.25) is 0 Å². The topological polar surface area (TPSA) is 141 Å². The monoisotopic (exact) mass is 737 g/mol. The molecular weight excluding hydrogens is 721 g/mol. The molecule has 0 bridgehead atoms. The van der Waals surface area contributed by atoms with E-state index in [0.29, 0.717) is 0 Å². The van der Waals surface area contributed by atoms with Gasteiger partial charge in [-0.05, 0) is 46.3 Å². The van der Waals surface area contributed by atoms with Crippen LogP contribution in [-0.2, 0) is 25.0 Å². The first-order valence-electron chi connectivity index (χ1n) is 12.0. The molecule has 1 saturated heterocycles. The maximum absolute atomic E-state index is 14.6. The summed E-state index contributed by atoms with van der Waals surface area (Å²) in [5.41, 5.74) is -9.59. The molecule has 0 spiro atoms. The average Bonchev–Trinajstić information content (AvgIpc) is 2.92. The van der Waals surface area contributed by atoms with E-state index in [9.17, 15) is 58.1 Å². The van der Waals surface area contributed by atoms with Gasteiger partial charge in [-0.3, -0.25) is 14.4 Å². The largest absolute Gasteiger partial charge is 0.435 e. The first-order chi connectivity index (χ1) is 20.7. The van der Waals surface area contributed by atoms with Gasteiger partial charge in [0.15, 0.2) is 5.75 Å². The van der Waals surface area contributed by atoms with Gasteiger partial charge in [-0.2, -0.15) is 40.4 Å². The Bertz CT molecular complexity index is 1640. The number of halogens is 10. The van der Waals surface area contributed by atoms with Crippen molar-refractivity contribution in [2.75, 3.05) is 35.2 Å². The molecule has 1 aliphatic heterocycles. The van der Waals surface area contributed by atoms with Crippen molar-refractivity contribution in [2.24, 2.45) is 4.36 Å². The Morgan fingerprint density at radius 2 is 1.60 bits per heavy atom. The number of carbonyl (C=O) groups is 3. The van der Waals surface area contributed by atoms with Gasteiger partial charge in [-0.15, -0.1) is 4.36 Å². The molecule has 2 aromatic carbocycles. The average molecular weight is 738 g/mol. The summed E-state index contributed by atoms with van der Waals surface area (Å²) in [6, 6.07) is 4.18. The maximum atomic E-state index is 14.6. The van der Waals surface area contributed by atoms with Crippen LogP contribution in [0.5, 0.6) is 5.75 Å². The number of nitriles is 1. The van der Waals surface area contributed by atoms with E-state index in [-0.39, 0.29) is 48.0 Å². The van der Waals surface area contributed by atoms with Gasteiger partial charge in [-0.1, -0.05) is 6.07 Å². The molecule has 1 fully saturated rings. The summed E-state index contributed by atoms with van der Waals surface area (Å²) in [7, 11) is -2.85. The van der Waals surface area contributed by atoms with E-state index < -0.39 is 73.6 Å². The summed E-state index contributed by atoms with van der Waals surface area (Å²) in [6.07, 6.45) is -11.7. The first kappa shape index (κ1) is 35.4. The summed E-state index contributed by atoms with van der Waals surface area (Å²) < 4.78 is 139. The van der Waals surface area contributed by atoms with Gasteiger partial charge in [0.25, 0.3) is 5.91 Å². The fourth-order valence-corrected chi connectivity index (χ4v) is 6.01. The molecule has 45 heavy (non-hydrogen) atoms. The van der Waals surface area contributed by atoms with Crippen molar-refractivity contribution in [3.05, 3.63) is 52.0 Å². The van der Waals surface area contributed by atoms with Gasteiger partial charge >= 0.3 is 36.4 Å². The lowest BCUT2D eigenvalue weighted by atomic mass is 9.93. The molecule has 2 N–H and O–H groups in total. The Balaban J connectivity index is 1.85. The number of alkyl halides is 9. The molecule has 0 radical (unpaired) electrons. The van der Waals surface area contributed by atoms with Crippen LogP contribution >= 0.6 is 15.9 Å². The normalized spacial score (nSPS) is 15.2. The van der Waals surface area contributed by atoms with Crippen molar-refractivity contribution >= 4 is 54.8 Å². The highest BCUT2D eigenvalue weighted by atomic mass is 79.9. The minimum absolute atomic E-state index is 0.0232. The van der Waals surface area contributed by atoms with Crippen molar-refractivity contribution < 1.29 is 62.8 Å². The Kier molecular flexibility index (Phi) is 10.3. The second-order valence-corrected chi connectivity index (χ2v) is 12.4. The summed E-state index contributed by atoms with van der Waals surface area (Å²) in [5.74, 6) is -5.21. The Morgan fingerprint density at radius 1 is 1.00 bits per heavy atom. The number of hydrogen-bond acceptors (Lipinski definition) is 7. The Morgan fingerprint density at radius 3 is 2.13 bits per heavy atom. The molecule has 0 atom stereocenters. The van der Waals surface area contributed by atoms with Gasteiger partial charge in [0.05, 0.1) is 26.9 Å². The highest BCUT2D eigenvalue weighted by Gasteiger charge is 2.73. The summed E-state index contributed by atoms with van der Waals surface area (Å²) in [5, 5.41) is 12.8. The van der Waals surface area contributed by atoms with Crippen LogP contribution in [-0.4, -0.2) is 70.4 Å². The highest BCUT2D eigenvalue weighted by molar-refractivity contribution is 9.10. The van der Waals surface area contributed by atoms with E-state index in [2.05, 4.69) is 30.3 Å². The number of ether oxygens (including phenoxy) is 1. The molecule has 3 rings (SSSR count). The smallest absolute Gasteiger partial charge is 0.433 e. The first-order valence-corrected chi connectivity index (χ1v) is 14.6. The van der Waals surface area contributed by atoms with Crippen molar-refractivity contribution in [3.8, 4) is 11.9 Å². The van der Waals surface area contributed by atoms with Crippen LogP contribution < -0.4 is 15.4 Å². The number of hydrogen-bond donors (Lipinski definition) is 2. The molecular formula is C24H17BrF9N5O5S. The number of anilines is 2.